The molecule has 4 rings (SSSR count). The first-order valence-electron chi connectivity index (χ1n) is 10.8. The number of ether oxygens (including phenoxy) is 2. The number of nitrogens with two attached hydrogens (primary N) is 1. The smallest absolute Gasteiger partial charge is 0.312 e. The zero-order chi connectivity index (χ0) is 21.2. The molecule has 3 N–H and O–H groups in total. The monoisotopic (exact) mass is 411 g/mol. The summed E-state index contributed by atoms with van der Waals surface area (Å²) in [5, 5.41) is 2.60. The van der Waals surface area contributed by atoms with E-state index in [-0.39, 0.29) is 6.04 Å². The summed E-state index contributed by atoms with van der Waals surface area (Å²) in [6.07, 6.45) is 5.13. The fourth-order valence-corrected chi connectivity index (χ4v) is 3.79. The van der Waals surface area contributed by atoms with E-state index in [9.17, 15) is 4.79 Å². The maximum Gasteiger partial charge on any atom is 0.312 e. The van der Waals surface area contributed by atoms with Crippen LogP contribution in [-0.4, -0.2) is 43.8 Å². The largest absolute Gasteiger partial charge is 0.486 e. The van der Waals surface area contributed by atoms with Gasteiger partial charge in [0.25, 0.3) is 0 Å². The second-order valence-corrected chi connectivity index (χ2v) is 7.77. The molecular formula is C24H33N3O3. The van der Waals surface area contributed by atoms with Crippen molar-refractivity contribution in [3.8, 4) is 11.5 Å². The predicted octanol–water partition coefficient (Wildman–Crippen LogP) is 3.90. The summed E-state index contributed by atoms with van der Waals surface area (Å²) >= 11 is 0. The summed E-state index contributed by atoms with van der Waals surface area (Å²) in [6.45, 7) is 7.04. The minimum Gasteiger partial charge on any atom is -0.486 e. The van der Waals surface area contributed by atoms with Crippen LogP contribution in [0.4, 0.5) is 4.79 Å². The minimum atomic E-state index is -0.494. The average molecular weight is 412 g/mol. The molecule has 6 heteroatoms. The van der Waals surface area contributed by atoms with E-state index < -0.39 is 6.03 Å². The lowest BCUT2D eigenvalue weighted by molar-refractivity contribution is 0.171. The van der Waals surface area contributed by atoms with E-state index >= 15 is 0 Å². The molecule has 1 fully saturated rings. The van der Waals surface area contributed by atoms with Crippen molar-refractivity contribution in [3.05, 3.63) is 59.7 Å². The first-order chi connectivity index (χ1) is 14.6. The SMILES string of the molecule is C[C@H](NC(N)=O)c1ccccc1.c1cc2c(cc1CCCN1CCCC1)OCCO2. The molecule has 2 heterocycles. The van der Waals surface area contributed by atoms with Crippen molar-refractivity contribution in [2.24, 2.45) is 5.73 Å². The van der Waals surface area contributed by atoms with Crippen LogP contribution in [0.3, 0.4) is 0 Å². The van der Waals surface area contributed by atoms with Gasteiger partial charge in [-0.2, -0.15) is 0 Å². The molecule has 2 aromatic carbocycles. The maximum absolute atomic E-state index is 10.5. The fraction of sp³-hybridized carbons (Fsp3) is 0.458. The second-order valence-electron chi connectivity index (χ2n) is 7.77. The number of amides is 2. The lowest BCUT2D eigenvalue weighted by Gasteiger charge is -2.19. The zero-order valence-electron chi connectivity index (χ0n) is 17.8. The Labute approximate surface area is 179 Å². The zero-order valence-corrected chi connectivity index (χ0v) is 17.8. The van der Waals surface area contributed by atoms with E-state index in [0.717, 1.165) is 23.5 Å². The molecule has 6 nitrogen and oxygen atoms in total. The van der Waals surface area contributed by atoms with Crippen molar-refractivity contribution in [2.45, 2.75) is 38.6 Å². The van der Waals surface area contributed by atoms with Crippen molar-refractivity contribution in [3.63, 3.8) is 0 Å². The number of urea groups is 1. The van der Waals surface area contributed by atoms with E-state index in [4.69, 9.17) is 15.2 Å². The van der Waals surface area contributed by atoms with Gasteiger partial charge >= 0.3 is 6.03 Å². The van der Waals surface area contributed by atoms with E-state index in [1.807, 2.05) is 43.3 Å². The van der Waals surface area contributed by atoms with Crippen LogP contribution < -0.4 is 20.5 Å². The predicted molar refractivity (Wildman–Crippen MR) is 119 cm³/mol. The Morgan fingerprint density at radius 3 is 2.47 bits per heavy atom. The Morgan fingerprint density at radius 1 is 1.07 bits per heavy atom. The van der Waals surface area contributed by atoms with E-state index in [1.165, 1.54) is 44.5 Å². The van der Waals surface area contributed by atoms with E-state index in [2.05, 4.69) is 22.3 Å². The number of hydrogen-bond donors (Lipinski definition) is 2. The highest BCUT2D eigenvalue weighted by molar-refractivity contribution is 5.72. The first-order valence-corrected chi connectivity index (χ1v) is 10.8. The van der Waals surface area contributed by atoms with Gasteiger partial charge in [0.05, 0.1) is 6.04 Å². The Kier molecular flexibility index (Phi) is 8.39. The lowest BCUT2D eigenvalue weighted by Crippen LogP contribution is -2.31. The fourth-order valence-electron chi connectivity index (χ4n) is 3.79. The van der Waals surface area contributed by atoms with E-state index in [1.54, 1.807) is 0 Å². The molecule has 2 aromatic rings. The van der Waals surface area contributed by atoms with E-state index in [0.29, 0.717) is 13.2 Å². The lowest BCUT2D eigenvalue weighted by atomic mass is 10.1. The van der Waals surface area contributed by atoms with Crippen molar-refractivity contribution < 1.29 is 14.3 Å². The quantitative estimate of drug-likeness (QED) is 0.756. The topological polar surface area (TPSA) is 76.8 Å². The minimum absolute atomic E-state index is 0.0244. The molecule has 0 aromatic heterocycles. The molecule has 2 aliphatic rings. The Bertz CT molecular complexity index is 792. The van der Waals surface area contributed by atoms with Crippen LogP contribution in [0, 0.1) is 0 Å². The molecule has 0 aliphatic carbocycles. The normalized spacial score (nSPS) is 16.3. The molecule has 0 unspecified atom stereocenters. The van der Waals surface area contributed by atoms with Crippen LogP contribution in [0.1, 0.15) is 43.4 Å². The van der Waals surface area contributed by atoms with Gasteiger partial charge in [-0.15, -0.1) is 0 Å². The number of likely N-dealkylation sites (tertiary alicyclic amines) is 1. The maximum atomic E-state index is 10.5. The van der Waals surface area contributed by atoms with Gasteiger partial charge in [-0.3, -0.25) is 0 Å². The van der Waals surface area contributed by atoms with Crippen LogP contribution in [0.5, 0.6) is 11.5 Å². The van der Waals surface area contributed by atoms with Crippen LogP contribution in [0.2, 0.25) is 0 Å². The van der Waals surface area contributed by atoms with Crippen molar-refractivity contribution >= 4 is 6.03 Å². The Balaban J connectivity index is 0.000000187. The number of primary amides is 1. The van der Waals surface area contributed by atoms with Gasteiger partial charge in [0, 0.05) is 0 Å². The molecule has 0 saturated carbocycles. The number of hydrogen-bond acceptors (Lipinski definition) is 4. The molecule has 0 spiro atoms. The van der Waals surface area contributed by atoms with Gasteiger partial charge in [0.15, 0.2) is 11.5 Å². The summed E-state index contributed by atoms with van der Waals surface area (Å²) in [7, 11) is 0. The molecule has 2 amide bonds. The first kappa shape index (κ1) is 22.0. The highest BCUT2D eigenvalue weighted by Gasteiger charge is 2.13. The van der Waals surface area contributed by atoms with Crippen molar-refractivity contribution in [2.75, 3.05) is 32.8 Å². The number of rotatable bonds is 6. The van der Waals surface area contributed by atoms with Crippen molar-refractivity contribution in [1.82, 2.24) is 10.2 Å². The molecule has 0 radical (unpaired) electrons. The van der Waals surface area contributed by atoms with Gasteiger partial charge in [-0.25, -0.2) is 4.79 Å². The Morgan fingerprint density at radius 2 is 1.77 bits per heavy atom. The standard InChI is InChI=1S/C15H21NO2.C9H12N2O/c1-2-8-16(7-1)9-3-4-13-5-6-14-15(12-13)18-11-10-17-14;1-7(11-9(10)12)8-5-3-2-4-6-8/h5-6,12H,1-4,7-11H2;2-7H,1H3,(H3,10,11,12)/t;7-/m.0/s1. The van der Waals surface area contributed by atoms with Gasteiger partial charge in [-0.1, -0.05) is 36.4 Å². The number of carbonyl (C=O) groups excluding carboxylic acids is 1. The van der Waals surface area contributed by atoms with Crippen molar-refractivity contribution in [1.29, 1.82) is 0 Å². The molecule has 0 bridgehead atoms. The summed E-state index contributed by atoms with van der Waals surface area (Å²) in [6, 6.07) is 15.5. The third kappa shape index (κ3) is 6.95. The van der Waals surface area contributed by atoms with Gasteiger partial charge in [0.2, 0.25) is 0 Å². The molecule has 1 atom stereocenters. The highest BCUT2D eigenvalue weighted by Crippen LogP contribution is 2.31. The number of benzene rings is 2. The summed E-state index contributed by atoms with van der Waals surface area (Å²) in [5.74, 6) is 1.81. The number of fused-ring (bicyclic) bond motifs is 1. The van der Waals surface area contributed by atoms with Crippen LogP contribution in [0.25, 0.3) is 0 Å². The van der Waals surface area contributed by atoms with Crippen LogP contribution in [-0.2, 0) is 6.42 Å². The molecular weight excluding hydrogens is 378 g/mol. The van der Waals surface area contributed by atoms with Gasteiger partial charge in [0.1, 0.15) is 13.2 Å². The molecule has 1 saturated heterocycles. The summed E-state index contributed by atoms with van der Waals surface area (Å²) in [5.41, 5.74) is 7.39. The third-order valence-electron chi connectivity index (χ3n) is 5.40. The number of carbonyl (C=O) groups is 1. The number of aryl methyl sites for hydroxylation is 1. The van der Waals surface area contributed by atoms with Crippen LogP contribution in [0.15, 0.2) is 48.5 Å². The third-order valence-corrected chi connectivity index (χ3v) is 5.40. The van der Waals surface area contributed by atoms with Gasteiger partial charge < -0.3 is 25.4 Å². The van der Waals surface area contributed by atoms with Gasteiger partial charge in [-0.05, 0) is 75.5 Å². The summed E-state index contributed by atoms with van der Waals surface area (Å²) < 4.78 is 11.1. The highest BCUT2D eigenvalue weighted by atomic mass is 16.6. The second kappa shape index (κ2) is 11.5. The molecule has 2 aliphatic heterocycles. The number of nitrogens with zero attached hydrogens (tertiary/aromatic N) is 1. The molecule has 162 valence electrons. The van der Waals surface area contributed by atoms with Crippen LogP contribution >= 0.6 is 0 Å². The Hall–Kier alpha value is -2.73. The summed E-state index contributed by atoms with van der Waals surface area (Å²) in [4.78, 5) is 13.1. The number of nitrogens with one attached hydrogen (secondary N) is 1. The average Bonchev–Trinajstić information content (AvgIpc) is 3.28. The molecule has 30 heavy (non-hydrogen) atoms.